The van der Waals surface area contributed by atoms with Gasteiger partial charge in [-0.15, -0.1) is 0 Å². The second kappa shape index (κ2) is 7.20. The lowest BCUT2D eigenvalue weighted by molar-refractivity contribution is -0.174. The Balaban J connectivity index is 1.68. The number of fused-ring (bicyclic) bond motifs is 2. The Labute approximate surface area is 159 Å². The largest absolute Gasteiger partial charge is 0.419 e. The molecule has 2 aliphatic rings. The van der Waals surface area contributed by atoms with Crippen LogP contribution >= 0.6 is 11.6 Å². The van der Waals surface area contributed by atoms with Gasteiger partial charge in [-0.05, 0) is 43.4 Å². The summed E-state index contributed by atoms with van der Waals surface area (Å²) in [6.45, 7) is 6.19. The fourth-order valence-corrected chi connectivity index (χ4v) is 3.96. The quantitative estimate of drug-likeness (QED) is 0.555. The first-order chi connectivity index (χ1) is 12.2. The van der Waals surface area contributed by atoms with Gasteiger partial charge < -0.3 is 14.3 Å². The third-order valence-corrected chi connectivity index (χ3v) is 5.56. The second-order valence-electron chi connectivity index (χ2n) is 8.34. The first-order valence-electron chi connectivity index (χ1n) is 9.07. The highest BCUT2D eigenvalue weighted by Gasteiger charge is 2.55. The maximum absolute atomic E-state index is 12.8. The lowest BCUT2D eigenvalue weighted by atomic mass is 9.89. The van der Waals surface area contributed by atoms with Gasteiger partial charge in [0.15, 0.2) is 0 Å². The summed E-state index contributed by atoms with van der Waals surface area (Å²) in [5, 5.41) is 0.663. The third-order valence-electron chi connectivity index (χ3n) is 5.31. The number of ether oxygens (including phenoxy) is 2. The molecule has 2 fully saturated rings. The van der Waals surface area contributed by atoms with Crippen molar-refractivity contribution in [3.63, 3.8) is 0 Å². The van der Waals surface area contributed by atoms with Crippen molar-refractivity contribution < 1.29 is 19.1 Å². The van der Waals surface area contributed by atoms with Gasteiger partial charge in [-0.25, -0.2) is 4.79 Å². The van der Waals surface area contributed by atoms with Crippen LogP contribution < -0.4 is 0 Å². The molecule has 0 aromatic heterocycles. The van der Waals surface area contributed by atoms with E-state index in [-0.39, 0.29) is 6.04 Å². The average molecular weight is 380 g/mol. The predicted molar refractivity (Wildman–Crippen MR) is 98.9 cm³/mol. The average Bonchev–Trinajstić information content (AvgIpc) is 3.15. The monoisotopic (exact) mass is 379 g/mol. The van der Waals surface area contributed by atoms with E-state index in [0.29, 0.717) is 11.6 Å². The fraction of sp³-hybridized carbons (Fsp3) is 0.600. The molecular formula is C20H26ClNO4. The fourth-order valence-electron chi connectivity index (χ4n) is 3.83. The van der Waals surface area contributed by atoms with Crippen LogP contribution in [-0.4, -0.2) is 35.2 Å². The number of amides is 1. The van der Waals surface area contributed by atoms with Crippen molar-refractivity contribution in [1.29, 1.82) is 0 Å². The van der Waals surface area contributed by atoms with Crippen LogP contribution in [0.5, 0.6) is 0 Å². The molecule has 1 aromatic carbocycles. The second-order valence-corrected chi connectivity index (χ2v) is 8.78. The van der Waals surface area contributed by atoms with E-state index in [4.69, 9.17) is 21.1 Å². The Morgan fingerprint density at radius 1 is 1.31 bits per heavy atom. The van der Waals surface area contributed by atoms with Crippen LogP contribution in [0.1, 0.15) is 52.0 Å². The SMILES string of the molecule is CC(C)(C)C(OCc1ccc(Cl)cc1)OC(=O)N1C2CCC1(C=O)CC2. The smallest absolute Gasteiger partial charge is 0.413 e. The normalized spacial score (nSPS) is 26.0. The van der Waals surface area contributed by atoms with Crippen molar-refractivity contribution in [2.75, 3.05) is 0 Å². The van der Waals surface area contributed by atoms with Crippen LogP contribution in [-0.2, 0) is 20.9 Å². The molecule has 2 saturated heterocycles. The summed E-state index contributed by atoms with van der Waals surface area (Å²) in [6.07, 6.45) is 2.92. The molecule has 0 radical (unpaired) electrons. The van der Waals surface area contributed by atoms with E-state index >= 15 is 0 Å². The molecule has 142 valence electrons. The minimum Gasteiger partial charge on any atom is -0.419 e. The molecule has 0 spiro atoms. The number of carbonyl (C=O) groups is 2. The Hall–Kier alpha value is -1.59. The molecule has 6 heteroatoms. The minimum atomic E-state index is -0.714. The highest BCUT2D eigenvalue weighted by atomic mass is 35.5. The van der Waals surface area contributed by atoms with E-state index in [1.165, 1.54) is 0 Å². The van der Waals surface area contributed by atoms with Crippen molar-refractivity contribution in [3.8, 4) is 0 Å². The number of nitrogens with zero attached hydrogens (tertiary/aromatic N) is 1. The summed E-state index contributed by atoms with van der Waals surface area (Å²) in [5.74, 6) is 0. The summed E-state index contributed by atoms with van der Waals surface area (Å²) < 4.78 is 11.7. The Kier molecular flexibility index (Phi) is 5.31. The van der Waals surface area contributed by atoms with E-state index in [1.807, 2.05) is 32.9 Å². The number of carbonyl (C=O) groups excluding carboxylic acids is 2. The van der Waals surface area contributed by atoms with E-state index < -0.39 is 23.3 Å². The minimum absolute atomic E-state index is 0.101. The number of hydrogen-bond acceptors (Lipinski definition) is 4. The molecule has 0 saturated carbocycles. The molecule has 2 heterocycles. The van der Waals surface area contributed by atoms with Gasteiger partial charge in [0, 0.05) is 16.5 Å². The van der Waals surface area contributed by atoms with Crippen LogP contribution in [0, 0.1) is 5.41 Å². The Morgan fingerprint density at radius 2 is 1.92 bits per heavy atom. The molecule has 0 aliphatic carbocycles. The van der Waals surface area contributed by atoms with Crippen molar-refractivity contribution in [2.24, 2.45) is 5.41 Å². The van der Waals surface area contributed by atoms with E-state index in [2.05, 4.69) is 0 Å². The molecule has 1 unspecified atom stereocenters. The first-order valence-corrected chi connectivity index (χ1v) is 9.45. The molecule has 0 N–H and O–H groups in total. The van der Waals surface area contributed by atoms with E-state index in [1.54, 1.807) is 17.0 Å². The molecule has 2 aliphatic heterocycles. The number of hydrogen-bond donors (Lipinski definition) is 0. The Bertz CT molecular complexity index is 659. The highest BCUT2D eigenvalue weighted by molar-refractivity contribution is 6.30. The topological polar surface area (TPSA) is 55.8 Å². The van der Waals surface area contributed by atoms with E-state index in [9.17, 15) is 9.59 Å². The van der Waals surface area contributed by atoms with Crippen molar-refractivity contribution >= 4 is 24.0 Å². The van der Waals surface area contributed by atoms with Gasteiger partial charge in [0.1, 0.15) is 11.8 Å². The standard InChI is InChI=1S/C20H26ClNO4/c1-19(2,3)17(25-12-14-4-6-15(21)7-5-14)26-18(24)22-16-8-10-20(22,13-23)11-9-16/h4-7,13,16-17H,8-12H2,1-3H3. The summed E-state index contributed by atoms with van der Waals surface area (Å²) in [5.41, 5.74) is -0.124. The van der Waals surface area contributed by atoms with Crippen LogP contribution in [0.25, 0.3) is 0 Å². The molecule has 2 bridgehead atoms. The number of halogens is 1. The van der Waals surface area contributed by atoms with Crippen LogP contribution in [0.3, 0.4) is 0 Å². The number of rotatable bonds is 5. The number of benzene rings is 1. The summed E-state index contributed by atoms with van der Waals surface area (Å²) in [6, 6.07) is 7.46. The van der Waals surface area contributed by atoms with Crippen LogP contribution in [0.2, 0.25) is 5.02 Å². The molecule has 1 atom stereocenters. The van der Waals surface area contributed by atoms with Crippen LogP contribution in [0.4, 0.5) is 4.79 Å². The molecule has 1 amide bonds. The zero-order chi connectivity index (χ0) is 18.9. The lowest BCUT2D eigenvalue weighted by Gasteiger charge is -2.34. The molecule has 1 aromatic rings. The maximum Gasteiger partial charge on any atom is 0.413 e. The molecule has 26 heavy (non-hydrogen) atoms. The van der Waals surface area contributed by atoms with Gasteiger partial charge in [0.05, 0.1) is 6.61 Å². The maximum atomic E-state index is 12.8. The first kappa shape index (κ1) is 19.2. The molecular weight excluding hydrogens is 354 g/mol. The highest BCUT2D eigenvalue weighted by Crippen LogP contribution is 2.45. The van der Waals surface area contributed by atoms with Gasteiger partial charge in [0.2, 0.25) is 6.29 Å². The number of aldehydes is 1. The zero-order valence-corrected chi connectivity index (χ0v) is 16.3. The molecule has 3 rings (SSSR count). The predicted octanol–water partition coefficient (Wildman–Crippen LogP) is 4.56. The van der Waals surface area contributed by atoms with Gasteiger partial charge in [-0.1, -0.05) is 44.5 Å². The lowest BCUT2D eigenvalue weighted by Crippen LogP contribution is -2.49. The van der Waals surface area contributed by atoms with Crippen LogP contribution in [0.15, 0.2) is 24.3 Å². The summed E-state index contributed by atoms with van der Waals surface area (Å²) in [4.78, 5) is 26.1. The summed E-state index contributed by atoms with van der Waals surface area (Å²) in [7, 11) is 0. The van der Waals surface area contributed by atoms with E-state index in [0.717, 1.165) is 37.5 Å². The zero-order valence-electron chi connectivity index (χ0n) is 15.5. The van der Waals surface area contributed by atoms with Crippen molar-refractivity contribution in [2.45, 2.75) is 70.9 Å². The Morgan fingerprint density at radius 3 is 2.46 bits per heavy atom. The molecule has 5 nitrogen and oxygen atoms in total. The summed E-state index contributed by atoms with van der Waals surface area (Å²) >= 11 is 5.90. The van der Waals surface area contributed by atoms with Crippen molar-refractivity contribution in [3.05, 3.63) is 34.9 Å². The van der Waals surface area contributed by atoms with Crippen molar-refractivity contribution in [1.82, 2.24) is 4.90 Å². The van der Waals surface area contributed by atoms with Gasteiger partial charge in [0.25, 0.3) is 0 Å². The van der Waals surface area contributed by atoms with Gasteiger partial charge in [-0.3, -0.25) is 4.90 Å². The van der Waals surface area contributed by atoms with Gasteiger partial charge >= 0.3 is 6.09 Å². The third kappa shape index (κ3) is 3.74. The van der Waals surface area contributed by atoms with Gasteiger partial charge in [-0.2, -0.15) is 0 Å².